The van der Waals surface area contributed by atoms with Crippen LogP contribution in [0, 0.1) is 5.82 Å². The van der Waals surface area contributed by atoms with Crippen molar-refractivity contribution < 1.29 is 37.7 Å². The van der Waals surface area contributed by atoms with Crippen LogP contribution >= 0.6 is 43.2 Å². The van der Waals surface area contributed by atoms with E-state index in [-0.39, 0.29) is 37.8 Å². The molecule has 0 saturated heterocycles. The zero-order chi connectivity index (χ0) is 35.2. The van der Waals surface area contributed by atoms with Gasteiger partial charge in [-0.2, -0.15) is 0 Å². The van der Waals surface area contributed by atoms with E-state index in [0.29, 0.717) is 52.2 Å². The van der Waals surface area contributed by atoms with E-state index in [0.717, 1.165) is 11.3 Å². The molecule has 0 aliphatic carbocycles. The Bertz CT molecular complexity index is 2130. The van der Waals surface area contributed by atoms with Gasteiger partial charge in [-0.3, -0.25) is 9.36 Å². The highest BCUT2D eigenvalue weighted by atomic mass is 79.9. The average Bonchev–Trinajstić information content (AvgIpc) is 3.37. The molecule has 14 heteroatoms. The number of carbonyl (C=O) groups is 2. The normalized spacial score (nSPS) is 14.2. The first-order valence-corrected chi connectivity index (χ1v) is 17.5. The predicted molar refractivity (Wildman–Crippen MR) is 188 cm³/mol. The predicted octanol–water partition coefficient (Wildman–Crippen LogP) is 5.99. The number of thiazole rings is 1. The molecule has 0 N–H and O–H groups in total. The molecular weight excluding hydrogens is 787 g/mol. The van der Waals surface area contributed by atoms with Crippen molar-refractivity contribution in [3.8, 4) is 17.2 Å². The third-order valence-corrected chi connectivity index (χ3v) is 9.36. The summed E-state index contributed by atoms with van der Waals surface area (Å²) in [6.45, 7) is 5.19. The van der Waals surface area contributed by atoms with Gasteiger partial charge in [0.25, 0.3) is 5.56 Å². The van der Waals surface area contributed by atoms with Crippen LogP contribution in [-0.4, -0.2) is 43.4 Å². The molecule has 1 aromatic heterocycles. The average molecular weight is 819 g/mol. The zero-order valence-electron chi connectivity index (χ0n) is 26.9. The molecule has 1 atom stereocenters. The molecule has 49 heavy (non-hydrogen) atoms. The van der Waals surface area contributed by atoms with Gasteiger partial charge in [-0.05, 0) is 78.7 Å². The molecule has 2 heterocycles. The molecule has 0 bridgehead atoms. The van der Waals surface area contributed by atoms with Gasteiger partial charge in [0.15, 0.2) is 22.9 Å². The summed E-state index contributed by atoms with van der Waals surface area (Å²) in [5.41, 5.74) is 1.61. The second-order valence-electron chi connectivity index (χ2n) is 10.5. The van der Waals surface area contributed by atoms with Crippen molar-refractivity contribution in [1.82, 2.24) is 4.57 Å². The number of halogens is 3. The molecular formula is C35H31Br2FN2O8S. The van der Waals surface area contributed by atoms with Crippen molar-refractivity contribution >= 4 is 61.2 Å². The van der Waals surface area contributed by atoms with E-state index in [4.69, 9.17) is 18.9 Å². The van der Waals surface area contributed by atoms with E-state index < -0.39 is 29.4 Å². The maximum Gasteiger partial charge on any atom is 0.343 e. The van der Waals surface area contributed by atoms with Gasteiger partial charge in [-0.1, -0.05) is 51.5 Å². The molecule has 1 aliphatic heterocycles. The Balaban J connectivity index is 1.65. The van der Waals surface area contributed by atoms with Gasteiger partial charge in [0, 0.05) is 15.6 Å². The summed E-state index contributed by atoms with van der Waals surface area (Å²) < 4.78 is 45.1. The van der Waals surface area contributed by atoms with Gasteiger partial charge in [-0.15, -0.1) is 0 Å². The molecule has 10 nitrogen and oxygen atoms in total. The van der Waals surface area contributed by atoms with E-state index >= 15 is 0 Å². The number of benzene rings is 3. The summed E-state index contributed by atoms with van der Waals surface area (Å²) in [7, 11) is 1.26. The van der Waals surface area contributed by atoms with Crippen molar-refractivity contribution in [3.63, 3.8) is 0 Å². The van der Waals surface area contributed by atoms with Gasteiger partial charge in [0.05, 0.1) is 46.6 Å². The molecule has 3 aromatic carbocycles. The highest BCUT2D eigenvalue weighted by molar-refractivity contribution is 9.11. The summed E-state index contributed by atoms with van der Waals surface area (Å²) in [5.74, 6) is -0.591. The molecule has 0 fully saturated rings. The second-order valence-corrected chi connectivity index (χ2v) is 13.3. The van der Waals surface area contributed by atoms with Crippen LogP contribution in [0.5, 0.6) is 17.2 Å². The van der Waals surface area contributed by atoms with Crippen LogP contribution in [0.2, 0.25) is 0 Å². The second kappa shape index (κ2) is 16.0. The minimum Gasteiger partial charge on any atom is -0.490 e. The van der Waals surface area contributed by atoms with Gasteiger partial charge in [0.2, 0.25) is 0 Å². The first kappa shape index (κ1) is 36.0. The lowest BCUT2D eigenvalue weighted by Gasteiger charge is -2.25. The van der Waals surface area contributed by atoms with E-state index in [1.165, 1.54) is 17.7 Å². The quantitative estimate of drug-likeness (QED) is 0.160. The molecule has 5 rings (SSSR count). The number of esters is 2. The summed E-state index contributed by atoms with van der Waals surface area (Å²) >= 11 is 8.19. The van der Waals surface area contributed by atoms with E-state index in [1.54, 1.807) is 75.4 Å². The number of rotatable bonds is 12. The van der Waals surface area contributed by atoms with Crippen LogP contribution in [0.25, 0.3) is 6.08 Å². The minimum absolute atomic E-state index is 0.0431. The fraction of sp³-hybridized carbons (Fsp3) is 0.257. The third-order valence-electron chi connectivity index (χ3n) is 7.33. The first-order chi connectivity index (χ1) is 23.6. The van der Waals surface area contributed by atoms with Crippen LogP contribution in [0.4, 0.5) is 4.39 Å². The SMILES string of the molecule is CCOC(=O)C1=C(C)N=c2s/c(=C/c3cc(Br)cc(Br)c3OCc3ccccc3F)c(=O)n2[C@@H]1c1ccc(OCC(=O)OC)c(OCC)c1. The standard InChI is InChI=1S/C35H31Br2FN2O8S/c1-5-45-27-14-20(11-12-26(27)47-18-29(41)44-4)31-30(34(43)46-6-2)19(3)39-35-40(31)33(42)28(49-35)15-22-13-23(36)16-24(37)32(22)48-17-21-9-7-8-10-25(21)38/h7-16,31H,5-6,17-18H2,1-4H3/b28-15+/t31-/m1/s1. The Labute approximate surface area is 301 Å². The lowest BCUT2D eigenvalue weighted by Crippen LogP contribution is -2.40. The van der Waals surface area contributed by atoms with Crippen molar-refractivity contribution in [2.75, 3.05) is 26.9 Å². The number of ether oxygens (including phenoxy) is 5. The Morgan fingerprint density at radius 3 is 2.51 bits per heavy atom. The van der Waals surface area contributed by atoms with E-state index in [2.05, 4.69) is 41.6 Å². The van der Waals surface area contributed by atoms with Crippen LogP contribution < -0.4 is 29.1 Å². The number of nitrogens with zero attached hydrogens (tertiary/aromatic N) is 2. The maximum atomic E-state index is 14.4. The monoisotopic (exact) mass is 816 g/mol. The number of carbonyl (C=O) groups excluding carboxylic acids is 2. The third kappa shape index (κ3) is 7.97. The van der Waals surface area contributed by atoms with E-state index in [1.807, 2.05) is 0 Å². The summed E-state index contributed by atoms with van der Waals surface area (Å²) in [5, 5.41) is 0. The fourth-order valence-corrected chi connectivity index (χ4v) is 7.54. The molecule has 0 amide bonds. The van der Waals surface area contributed by atoms with Crippen LogP contribution in [0.1, 0.15) is 43.5 Å². The van der Waals surface area contributed by atoms with Crippen LogP contribution in [-0.2, 0) is 25.7 Å². The molecule has 1 aliphatic rings. The number of fused-ring (bicyclic) bond motifs is 1. The number of hydrogen-bond donors (Lipinski definition) is 0. The van der Waals surface area contributed by atoms with Crippen LogP contribution in [0.15, 0.2) is 84.6 Å². The molecule has 0 spiro atoms. The van der Waals surface area contributed by atoms with Crippen LogP contribution in [0.3, 0.4) is 0 Å². The summed E-state index contributed by atoms with van der Waals surface area (Å²) in [6, 6.07) is 13.9. The zero-order valence-corrected chi connectivity index (χ0v) is 30.9. The Kier molecular flexibility index (Phi) is 11.7. The topological polar surface area (TPSA) is 115 Å². The van der Waals surface area contributed by atoms with Gasteiger partial charge in [0.1, 0.15) is 18.2 Å². The van der Waals surface area contributed by atoms with Crippen molar-refractivity contribution in [3.05, 3.63) is 117 Å². The van der Waals surface area contributed by atoms with Gasteiger partial charge < -0.3 is 23.7 Å². The van der Waals surface area contributed by atoms with Gasteiger partial charge >= 0.3 is 11.9 Å². The van der Waals surface area contributed by atoms with Gasteiger partial charge in [-0.25, -0.2) is 19.0 Å². The van der Waals surface area contributed by atoms with Crippen molar-refractivity contribution in [2.45, 2.75) is 33.4 Å². The Morgan fingerprint density at radius 2 is 1.80 bits per heavy atom. The highest BCUT2D eigenvalue weighted by Crippen LogP contribution is 2.37. The first-order valence-electron chi connectivity index (χ1n) is 15.1. The van der Waals surface area contributed by atoms with Crippen molar-refractivity contribution in [2.24, 2.45) is 4.99 Å². The molecule has 0 unspecified atom stereocenters. The Morgan fingerprint density at radius 1 is 1.02 bits per heavy atom. The number of methoxy groups -OCH3 is 1. The lowest BCUT2D eigenvalue weighted by molar-refractivity contribution is -0.143. The fourth-order valence-electron chi connectivity index (χ4n) is 5.13. The number of aromatic nitrogens is 1. The summed E-state index contributed by atoms with van der Waals surface area (Å²) in [6.07, 6.45) is 1.67. The van der Waals surface area contributed by atoms with Crippen molar-refractivity contribution in [1.29, 1.82) is 0 Å². The molecule has 256 valence electrons. The molecule has 0 radical (unpaired) electrons. The largest absolute Gasteiger partial charge is 0.490 e. The summed E-state index contributed by atoms with van der Waals surface area (Å²) in [4.78, 5) is 44.5. The number of allylic oxidation sites excluding steroid dienone is 1. The molecule has 0 saturated carbocycles. The molecule has 4 aromatic rings. The number of hydrogen-bond acceptors (Lipinski definition) is 10. The maximum absolute atomic E-state index is 14.4. The smallest absolute Gasteiger partial charge is 0.343 e. The lowest BCUT2D eigenvalue weighted by atomic mass is 9.95. The highest BCUT2D eigenvalue weighted by Gasteiger charge is 2.34. The van der Waals surface area contributed by atoms with E-state index in [9.17, 15) is 18.8 Å². The minimum atomic E-state index is -0.933. The Hall–Kier alpha value is -4.27.